The van der Waals surface area contributed by atoms with Gasteiger partial charge >= 0.3 is 17.9 Å². The minimum absolute atomic E-state index is 0.0894. The molecular formula is C10H6O8. The van der Waals surface area contributed by atoms with E-state index in [4.69, 9.17) is 15.3 Å². The lowest BCUT2D eigenvalue weighted by Crippen LogP contribution is -2.12. The Morgan fingerprint density at radius 3 is 1.72 bits per heavy atom. The average molecular weight is 254 g/mol. The quantitative estimate of drug-likeness (QED) is 0.638. The van der Waals surface area contributed by atoms with Gasteiger partial charge in [0.05, 0.1) is 11.1 Å². The number of carbonyl (C=O) groups excluding carboxylic acids is 1. The first-order valence-corrected chi connectivity index (χ1v) is 4.36. The molecule has 94 valence electrons. The second-order valence-electron chi connectivity index (χ2n) is 3.02. The molecule has 0 aliphatic heterocycles. The van der Waals surface area contributed by atoms with Crippen molar-refractivity contribution in [2.75, 3.05) is 0 Å². The number of benzene rings is 1. The summed E-state index contributed by atoms with van der Waals surface area (Å²) in [5.41, 5.74) is -2.01. The number of carboxylic acids is 3. The van der Waals surface area contributed by atoms with Gasteiger partial charge in [-0.1, -0.05) is 0 Å². The summed E-state index contributed by atoms with van der Waals surface area (Å²) in [5, 5.41) is 26.3. The Labute approximate surface area is 99.0 Å². The molecule has 0 aromatic heterocycles. The lowest BCUT2D eigenvalue weighted by molar-refractivity contribution is -0.120. The van der Waals surface area contributed by atoms with Crippen LogP contribution >= 0.6 is 0 Å². The Hall–Kier alpha value is -2.90. The summed E-state index contributed by atoms with van der Waals surface area (Å²) < 4.78 is 4.31. The summed E-state index contributed by atoms with van der Waals surface area (Å²) in [6.07, 6.45) is 0. The zero-order chi connectivity index (χ0) is 13.9. The second kappa shape index (κ2) is 4.95. The van der Waals surface area contributed by atoms with Crippen molar-refractivity contribution in [2.24, 2.45) is 0 Å². The number of aromatic carboxylic acids is 3. The first-order chi connectivity index (χ1) is 8.38. The molecule has 1 aromatic carbocycles. The Morgan fingerprint density at radius 2 is 1.33 bits per heavy atom. The molecule has 0 spiro atoms. The van der Waals surface area contributed by atoms with Crippen LogP contribution in [-0.4, -0.2) is 39.7 Å². The van der Waals surface area contributed by atoms with Crippen molar-refractivity contribution in [3.05, 3.63) is 28.8 Å². The first-order valence-electron chi connectivity index (χ1n) is 4.36. The number of carbonyl (C=O) groups is 4. The molecule has 8 nitrogen and oxygen atoms in total. The van der Waals surface area contributed by atoms with Crippen LogP contribution < -0.4 is 4.74 Å². The maximum absolute atomic E-state index is 10.8. The van der Waals surface area contributed by atoms with Crippen LogP contribution in [0.1, 0.15) is 31.1 Å². The van der Waals surface area contributed by atoms with Crippen LogP contribution in [0.25, 0.3) is 0 Å². The van der Waals surface area contributed by atoms with Crippen LogP contribution in [0, 0.1) is 0 Å². The fourth-order valence-corrected chi connectivity index (χ4v) is 1.25. The van der Waals surface area contributed by atoms with E-state index in [0.29, 0.717) is 12.1 Å². The molecule has 0 saturated heterocycles. The predicted octanol–water partition coefficient (Wildman–Crippen LogP) is 0.316. The molecule has 0 aliphatic carbocycles. The van der Waals surface area contributed by atoms with Gasteiger partial charge in [0.1, 0.15) is 11.3 Å². The third-order valence-electron chi connectivity index (χ3n) is 1.99. The molecule has 0 aliphatic rings. The highest BCUT2D eigenvalue weighted by Gasteiger charge is 2.23. The molecule has 18 heavy (non-hydrogen) atoms. The number of ether oxygens (including phenoxy) is 1. The fourth-order valence-electron chi connectivity index (χ4n) is 1.25. The van der Waals surface area contributed by atoms with E-state index in [1.807, 2.05) is 0 Å². The van der Waals surface area contributed by atoms with E-state index in [2.05, 4.69) is 4.74 Å². The van der Waals surface area contributed by atoms with Crippen LogP contribution in [0.4, 0.5) is 0 Å². The minimum atomic E-state index is -1.60. The van der Waals surface area contributed by atoms with Gasteiger partial charge in [0, 0.05) is 0 Å². The van der Waals surface area contributed by atoms with E-state index in [-0.39, 0.29) is 6.47 Å². The molecule has 0 bridgehead atoms. The standard InChI is InChI=1S/C10H6O8/c11-3-18-7-2-5(9(14)15)4(8(12)13)1-6(7)10(16)17/h1-3H,(H,12,13)(H,14,15)(H,16,17). The first kappa shape index (κ1) is 13.2. The van der Waals surface area contributed by atoms with Gasteiger partial charge in [0.15, 0.2) is 0 Å². The molecule has 3 N–H and O–H groups in total. The van der Waals surface area contributed by atoms with Crippen molar-refractivity contribution < 1.29 is 39.2 Å². The Balaban J connectivity index is 3.59. The van der Waals surface area contributed by atoms with E-state index in [0.717, 1.165) is 0 Å². The van der Waals surface area contributed by atoms with Gasteiger partial charge in [0.2, 0.25) is 0 Å². The van der Waals surface area contributed by atoms with Gasteiger partial charge in [-0.05, 0) is 12.1 Å². The largest absolute Gasteiger partial charge is 0.478 e. The van der Waals surface area contributed by atoms with Gasteiger partial charge in [-0.15, -0.1) is 0 Å². The average Bonchev–Trinajstić information content (AvgIpc) is 2.28. The zero-order valence-corrected chi connectivity index (χ0v) is 8.61. The SMILES string of the molecule is O=COc1cc(C(=O)O)c(C(=O)O)cc1C(=O)O. The van der Waals surface area contributed by atoms with Gasteiger partial charge in [-0.25, -0.2) is 14.4 Å². The summed E-state index contributed by atoms with van der Waals surface area (Å²) in [7, 11) is 0. The lowest BCUT2D eigenvalue weighted by Gasteiger charge is -2.07. The maximum atomic E-state index is 10.8. The van der Waals surface area contributed by atoms with Crippen LogP contribution in [0.5, 0.6) is 5.75 Å². The zero-order valence-electron chi connectivity index (χ0n) is 8.61. The van der Waals surface area contributed by atoms with E-state index < -0.39 is 40.3 Å². The maximum Gasteiger partial charge on any atom is 0.339 e. The molecule has 1 rings (SSSR count). The molecule has 1 aromatic rings. The monoisotopic (exact) mass is 254 g/mol. The lowest BCUT2D eigenvalue weighted by atomic mass is 10.0. The van der Waals surface area contributed by atoms with Crippen LogP contribution in [-0.2, 0) is 4.79 Å². The van der Waals surface area contributed by atoms with E-state index in [9.17, 15) is 19.2 Å². The molecule has 0 unspecified atom stereocenters. The Bertz CT molecular complexity index is 545. The fraction of sp³-hybridized carbons (Fsp3) is 0. The molecule has 0 radical (unpaired) electrons. The Kier molecular flexibility index (Phi) is 3.62. The van der Waals surface area contributed by atoms with Crippen LogP contribution in [0.2, 0.25) is 0 Å². The molecule has 0 heterocycles. The van der Waals surface area contributed by atoms with E-state index >= 15 is 0 Å². The Morgan fingerprint density at radius 1 is 0.889 bits per heavy atom. The number of rotatable bonds is 5. The highest BCUT2D eigenvalue weighted by molar-refractivity contribution is 6.05. The second-order valence-corrected chi connectivity index (χ2v) is 3.02. The number of hydrogen-bond acceptors (Lipinski definition) is 5. The molecule has 0 atom stereocenters. The summed E-state index contributed by atoms with van der Waals surface area (Å²) >= 11 is 0. The van der Waals surface area contributed by atoms with Gasteiger partial charge in [0.25, 0.3) is 6.47 Å². The van der Waals surface area contributed by atoms with E-state index in [1.54, 1.807) is 0 Å². The molecule has 0 fully saturated rings. The topological polar surface area (TPSA) is 138 Å². The number of hydrogen-bond donors (Lipinski definition) is 3. The summed E-state index contributed by atoms with van der Waals surface area (Å²) in [6, 6.07) is 1.29. The van der Waals surface area contributed by atoms with Crippen molar-refractivity contribution in [1.29, 1.82) is 0 Å². The smallest absolute Gasteiger partial charge is 0.339 e. The highest BCUT2D eigenvalue weighted by atomic mass is 16.5. The number of carboxylic acid groups (broad SMARTS) is 3. The molecule has 0 amide bonds. The van der Waals surface area contributed by atoms with Crippen LogP contribution in [0.3, 0.4) is 0 Å². The van der Waals surface area contributed by atoms with Gasteiger partial charge in [-0.3, -0.25) is 4.79 Å². The van der Waals surface area contributed by atoms with Crippen molar-refractivity contribution >= 4 is 24.4 Å². The normalized spacial score (nSPS) is 9.56. The summed E-state index contributed by atoms with van der Waals surface area (Å²) in [6.45, 7) is -0.0894. The van der Waals surface area contributed by atoms with E-state index in [1.165, 1.54) is 0 Å². The van der Waals surface area contributed by atoms with Crippen molar-refractivity contribution in [3.63, 3.8) is 0 Å². The van der Waals surface area contributed by atoms with Crippen LogP contribution in [0.15, 0.2) is 12.1 Å². The van der Waals surface area contributed by atoms with Crippen molar-refractivity contribution in [3.8, 4) is 5.75 Å². The third-order valence-corrected chi connectivity index (χ3v) is 1.99. The van der Waals surface area contributed by atoms with Crippen molar-refractivity contribution in [1.82, 2.24) is 0 Å². The molecule has 0 saturated carbocycles. The predicted molar refractivity (Wildman–Crippen MR) is 54.0 cm³/mol. The molecule has 8 heteroatoms. The minimum Gasteiger partial charge on any atom is -0.478 e. The summed E-state index contributed by atoms with van der Waals surface area (Å²) in [5.74, 6) is -5.28. The van der Waals surface area contributed by atoms with Gasteiger partial charge in [-0.2, -0.15) is 0 Å². The van der Waals surface area contributed by atoms with Gasteiger partial charge < -0.3 is 20.1 Å². The van der Waals surface area contributed by atoms with Crippen molar-refractivity contribution in [2.45, 2.75) is 0 Å². The molecular weight excluding hydrogens is 248 g/mol. The highest BCUT2D eigenvalue weighted by Crippen LogP contribution is 2.24. The summed E-state index contributed by atoms with van der Waals surface area (Å²) in [4.78, 5) is 42.6. The third kappa shape index (κ3) is 2.43.